The van der Waals surface area contributed by atoms with Gasteiger partial charge in [0.25, 0.3) is 5.56 Å². The zero-order valence-corrected chi connectivity index (χ0v) is 23.8. The first-order chi connectivity index (χ1) is 20.9. The number of esters is 1. The van der Waals surface area contributed by atoms with Gasteiger partial charge in [-0.15, -0.1) is 0 Å². The Bertz CT molecular complexity index is 1730. The Morgan fingerprint density at radius 3 is 2.74 bits per heavy atom. The maximum atomic E-state index is 13.0. The molecule has 3 unspecified atom stereocenters. The zero-order valence-electron chi connectivity index (χ0n) is 23.8. The third-order valence-electron chi connectivity index (χ3n) is 8.22. The number of carbonyl (C=O) groups excluding carboxylic acids is 1. The van der Waals surface area contributed by atoms with Gasteiger partial charge in [-0.05, 0) is 48.2 Å². The molecule has 2 bridgehead atoms. The maximum Gasteiger partial charge on any atom is 0.306 e. The number of pyridine rings is 2. The van der Waals surface area contributed by atoms with E-state index in [-0.39, 0.29) is 30.3 Å². The first-order valence-corrected chi connectivity index (χ1v) is 14.4. The summed E-state index contributed by atoms with van der Waals surface area (Å²) in [6, 6.07) is 19.4. The van der Waals surface area contributed by atoms with E-state index in [1.54, 1.807) is 42.6 Å². The quantitative estimate of drug-likeness (QED) is 0.293. The van der Waals surface area contributed by atoms with Gasteiger partial charge in [-0.25, -0.2) is 0 Å². The molecule has 3 atom stereocenters. The fourth-order valence-corrected chi connectivity index (χ4v) is 6.29. The van der Waals surface area contributed by atoms with Crippen LogP contribution in [0.15, 0.2) is 86.9 Å². The van der Waals surface area contributed by atoms with Gasteiger partial charge in [0, 0.05) is 49.6 Å². The van der Waals surface area contributed by atoms with E-state index in [9.17, 15) is 19.5 Å². The molecule has 222 valence electrons. The van der Waals surface area contributed by atoms with Crippen LogP contribution in [0.2, 0.25) is 0 Å². The second kappa shape index (κ2) is 12.3. The van der Waals surface area contributed by atoms with Gasteiger partial charge in [0.1, 0.15) is 18.1 Å². The lowest BCUT2D eigenvalue weighted by Crippen LogP contribution is -2.46. The number of benzene rings is 1. The number of piperidine rings is 1. The third-order valence-corrected chi connectivity index (χ3v) is 8.22. The van der Waals surface area contributed by atoms with Crippen molar-refractivity contribution in [2.75, 3.05) is 20.2 Å². The van der Waals surface area contributed by atoms with Crippen LogP contribution in [-0.2, 0) is 29.2 Å². The number of hydrogen-bond acceptors (Lipinski definition) is 9. The van der Waals surface area contributed by atoms with Gasteiger partial charge < -0.3 is 23.6 Å². The number of hydrogen-bond donors (Lipinski definition) is 1. The molecule has 3 aromatic heterocycles. The van der Waals surface area contributed by atoms with Crippen LogP contribution in [-0.4, -0.2) is 45.7 Å². The highest BCUT2D eigenvalue weighted by Crippen LogP contribution is 2.37. The summed E-state index contributed by atoms with van der Waals surface area (Å²) in [7, 11) is 1.29. The number of aromatic hydroxyl groups is 1. The molecule has 43 heavy (non-hydrogen) atoms. The van der Waals surface area contributed by atoms with Gasteiger partial charge >= 0.3 is 5.97 Å². The van der Waals surface area contributed by atoms with E-state index in [1.165, 1.54) is 13.2 Å². The van der Waals surface area contributed by atoms with Crippen molar-refractivity contribution in [3.05, 3.63) is 122 Å². The highest BCUT2D eigenvalue weighted by atomic mass is 16.5. The van der Waals surface area contributed by atoms with E-state index in [1.807, 2.05) is 28.8 Å². The Hall–Kier alpha value is -4.70. The van der Waals surface area contributed by atoms with Gasteiger partial charge in [-0.2, -0.15) is 0 Å². The van der Waals surface area contributed by atoms with Gasteiger partial charge in [0.15, 0.2) is 5.76 Å². The van der Waals surface area contributed by atoms with E-state index in [2.05, 4.69) is 9.88 Å². The molecule has 4 aromatic rings. The Morgan fingerprint density at radius 2 is 1.93 bits per heavy atom. The second-order valence-electron chi connectivity index (χ2n) is 11.2. The summed E-state index contributed by atoms with van der Waals surface area (Å²) in [5.41, 5.74) is 1.85. The van der Waals surface area contributed by atoms with E-state index in [4.69, 9.17) is 13.9 Å². The summed E-state index contributed by atoms with van der Waals surface area (Å²) in [6.07, 6.45) is 2.54. The minimum atomic E-state index is -0.794. The molecule has 10 heteroatoms. The molecular weight excluding hydrogens is 550 g/mol. The third kappa shape index (κ3) is 6.24. The van der Waals surface area contributed by atoms with E-state index in [0.717, 1.165) is 24.4 Å². The van der Waals surface area contributed by atoms with Gasteiger partial charge in [0.05, 0.1) is 31.7 Å². The Kier molecular flexibility index (Phi) is 8.11. The summed E-state index contributed by atoms with van der Waals surface area (Å²) < 4.78 is 19.0. The van der Waals surface area contributed by atoms with E-state index >= 15 is 0 Å². The highest BCUT2D eigenvalue weighted by Gasteiger charge is 2.35. The van der Waals surface area contributed by atoms with Crippen molar-refractivity contribution in [3.63, 3.8) is 0 Å². The summed E-state index contributed by atoms with van der Waals surface area (Å²) in [4.78, 5) is 44.4. The molecule has 0 radical (unpaired) electrons. The largest absolute Gasteiger partial charge is 0.502 e. The van der Waals surface area contributed by atoms with Crippen molar-refractivity contribution in [2.45, 2.75) is 44.4 Å². The number of likely N-dealkylation sites (tertiary alicyclic amines) is 1. The minimum absolute atomic E-state index is 0.00359. The van der Waals surface area contributed by atoms with Crippen LogP contribution in [0.25, 0.3) is 0 Å². The lowest BCUT2D eigenvalue weighted by Gasteiger charge is -2.42. The number of ether oxygens (including phenoxy) is 2. The minimum Gasteiger partial charge on any atom is -0.502 e. The van der Waals surface area contributed by atoms with Crippen LogP contribution >= 0.6 is 0 Å². The van der Waals surface area contributed by atoms with Crippen molar-refractivity contribution >= 4 is 5.97 Å². The lowest BCUT2D eigenvalue weighted by atomic mass is 9.83. The predicted octanol–water partition coefficient (Wildman–Crippen LogP) is 3.80. The van der Waals surface area contributed by atoms with Crippen LogP contribution in [0, 0.1) is 5.92 Å². The number of nitrogens with zero attached hydrogens (tertiary/aromatic N) is 3. The molecule has 1 saturated heterocycles. The fourth-order valence-electron chi connectivity index (χ4n) is 6.29. The standard InChI is InChI=1S/C33H33N3O7/c1-41-31(39)15-27(22-6-4-8-25(13-22)42-20-24-7-2-3-11-34-24)33-32(40)29(37)14-26(43-33)19-35-16-21-12-23(18-35)28-9-5-10-30(38)36(28)17-21/h2-11,13-14,21,23,27,40H,12,15-20H2,1H3. The molecule has 0 saturated carbocycles. The van der Waals surface area contributed by atoms with Crippen LogP contribution in [0.5, 0.6) is 11.5 Å². The predicted molar refractivity (Wildman–Crippen MR) is 157 cm³/mol. The molecule has 1 fully saturated rings. The molecule has 0 amide bonds. The molecule has 1 aromatic carbocycles. The molecule has 2 aliphatic heterocycles. The molecule has 10 nitrogen and oxygen atoms in total. The normalized spacial score (nSPS) is 18.4. The molecule has 6 rings (SSSR count). The van der Waals surface area contributed by atoms with Gasteiger partial charge in [-0.1, -0.05) is 24.3 Å². The SMILES string of the molecule is COC(=O)CC(c1cccc(OCc2ccccn2)c1)c1oc(CN2CC3CC(C2)c2cccc(=O)n2C3)cc(=O)c1O. The first kappa shape index (κ1) is 28.4. The number of carbonyl (C=O) groups is 1. The number of aromatic nitrogens is 2. The number of fused-ring (bicyclic) bond motifs is 4. The van der Waals surface area contributed by atoms with Crippen molar-refractivity contribution in [1.82, 2.24) is 14.5 Å². The summed E-state index contributed by atoms with van der Waals surface area (Å²) in [6.45, 7) is 2.72. The zero-order chi connectivity index (χ0) is 29.9. The van der Waals surface area contributed by atoms with Gasteiger partial charge in [-0.3, -0.25) is 24.3 Å². The molecule has 1 N–H and O–H groups in total. The monoisotopic (exact) mass is 583 g/mol. The number of methoxy groups -OCH3 is 1. The molecule has 0 aliphatic carbocycles. The summed E-state index contributed by atoms with van der Waals surface area (Å²) >= 11 is 0. The van der Waals surface area contributed by atoms with Crippen molar-refractivity contribution in [1.29, 1.82) is 0 Å². The average molecular weight is 584 g/mol. The Labute approximate surface area is 248 Å². The second-order valence-corrected chi connectivity index (χ2v) is 11.2. The maximum absolute atomic E-state index is 13.0. The first-order valence-electron chi connectivity index (χ1n) is 14.4. The van der Waals surface area contributed by atoms with Crippen LogP contribution in [0.4, 0.5) is 0 Å². The molecule has 2 aliphatic rings. The van der Waals surface area contributed by atoms with Crippen LogP contribution < -0.4 is 15.7 Å². The van der Waals surface area contributed by atoms with E-state index in [0.29, 0.717) is 42.6 Å². The van der Waals surface area contributed by atoms with Crippen molar-refractivity contribution < 1.29 is 23.8 Å². The summed E-state index contributed by atoms with van der Waals surface area (Å²) in [5.74, 6) is -0.421. The average Bonchev–Trinajstić information content (AvgIpc) is 3.02. The Morgan fingerprint density at radius 1 is 1.07 bits per heavy atom. The fraction of sp³-hybridized carbons (Fsp3) is 0.333. The molecular formula is C33H33N3O7. The lowest BCUT2D eigenvalue weighted by molar-refractivity contribution is -0.140. The van der Waals surface area contributed by atoms with Crippen LogP contribution in [0.3, 0.4) is 0 Å². The van der Waals surface area contributed by atoms with Gasteiger partial charge in [0.2, 0.25) is 11.2 Å². The molecule has 5 heterocycles. The topological polar surface area (TPSA) is 124 Å². The highest BCUT2D eigenvalue weighted by molar-refractivity contribution is 5.71. The number of rotatable bonds is 9. The molecule has 0 spiro atoms. The van der Waals surface area contributed by atoms with E-state index < -0.39 is 23.1 Å². The summed E-state index contributed by atoms with van der Waals surface area (Å²) in [5, 5.41) is 10.9. The van der Waals surface area contributed by atoms with Crippen LogP contribution in [0.1, 0.15) is 53.1 Å². The Balaban J connectivity index is 1.27. The van der Waals surface area contributed by atoms with Crippen molar-refractivity contribution in [2.24, 2.45) is 5.92 Å². The van der Waals surface area contributed by atoms with Crippen molar-refractivity contribution in [3.8, 4) is 11.5 Å². The smallest absolute Gasteiger partial charge is 0.306 e.